The Kier molecular flexibility index (Phi) is 5.53. The highest BCUT2D eigenvalue weighted by Crippen LogP contribution is 2.09. The molecule has 1 atom stereocenters. The summed E-state index contributed by atoms with van der Waals surface area (Å²) in [7, 11) is 0. The summed E-state index contributed by atoms with van der Waals surface area (Å²) in [6.45, 7) is 1.61. The minimum atomic E-state index is -0.842. The second kappa shape index (κ2) is 5.88. The van der Waals surface area contributed by atoms with Gasteiger partial charge in [-0.05, 0) is 0 Å². The molecule has 0 aromatic heterocycles. The lowest BCUT2D eigenvalue weighted by molar-refractivity contribution is -0.140. The highest BCUT2D eigenvalue weighted by molar-refractivity contribution is 7.99. The summed E-state index contributed by atoms with van der Waals surface area (Å²) in [4.78, 5) is 20.3. The summed E-state index contributed by atoms with van der Waals surface area (Å²) < 4.78 is 0. The molecule has 0 aromatic carbocycles. The Morgan fingerprint density at radius 1 is 1.42 bits per heavy atom. The predicted octanol–water partition coefficient (Wildman–Crippen LogP) is 0.915. The number of thioether (sulfide) groups is 1. The maximum atomic E-state index is 10.3. The molecule has 5 heteroatoms. The van der Waals surface area contributed by atoms with Gasteiger partial charge in [-0.2, -0.15) is 11.8 Å². The fourth-order valence-electron chi connectivity index (χ4n) is 0.491. The fraction of sp³-hybridized carbons (Fsp3) is 0.714. The molecule has 0 rings (SSSR count). The molecule has 0 radical (unpaired) electrons. The van der Waals surface area contributed by atoms with E-state index in [4.69, 9.17) is 10.2 Å². The van der Waals surface area contributed by atoms with Crippen LogP contribution in [0.3, 0.4) is 0 Å². The Morgan fingerprint density at radius 3 is 2.42 bits per heavy atom. The summed E-state index contributed by atoms with van der Waals surface area (Å²) in [6, 6.07) is 0. The fourth-order valence-corrected chi connectivity index (χ4v) is 1.47. The van der Waals surface area contributed by atoms with Crippen molar-refractivity contribution < 1.29 is 19.8 Å². The van der Waals surface area contributed by atoms with E-state index in [1.54, 1.807) is 6.92 Å². The van der Waals surface area contributed by atoms with Gasteiger partial charge in [0.2, 0.25) is 0 Å². The van der Waals surface area contributed by atoms with Crippen molar-refractivity contribution in [3.63, 3.8) is 0 Å². The van der Waals surface area contributed by atoms with Gasteiger partial charge >= 0.3 is 11.9 Å². The zero-order valence-electron chi connectivity index (χ0n) is 6.82. The van der Waals surface area contributed by atoms with Gasteiger partial charge in [0.1, 0.15) is 0 Å². The molecule has 0 saturated heterocycles. The maximum Gasteiger partial charge on any atom is 0.307 e. The topological polar surface area (TPSA) is 74.6 Å². The average Bonchev–Trinajstić information content (AvgIpc) is 1.97. The van der Waals surface area contributed by atoms with E-state index in [9.17, 15) is 9.59 Å². The van der Waals surface area contributed by atoms with Crippen molar-refractivity contribution in [2.75, 3.05) is 11.5 Å². The Bertz CT molecular complexity index is 169. The van der Waals surface area contributed by atoms with Crippen molar-refractivity contribution in [3.05, 3.63) is 0 Å². The largest absolute Gasteiger partial charge is 0.481 e. The summed E-state index contributed by atoms with van der Waals surface area (Å²) in [6.07, 6.45) is 0.0943. The van der Waals surface area contributed by atoms with Gasteiger partial charge < -0.3 is 10.2 Å². The van der Waals surface area contributed by atoms with Gasteiger partial charge in [-0.15, -0.1) is 0 Å². The van der Waals surface area contributed by atoms with Gasteiger partial charge in [-0.3, -0.25) is 9.59 Å². The number of aliphatic carboxylic acids is 2. The molecule has 0 fully saturated rings. The average molecular weight is 192 g/mol. The summed E-state index contributed by atoms with van der Waals surface area (Å²) >= 11 is 1.36. The first kappa shape index (κ1) is 11.3. The van der Waals surface area contributed by atoms with Crippen LogP contribution in [0.1, 0.15) is 13.3 Å². The van der Waals surface area contributed by atoms with Crippen molar-refractivity contribution in [2.24, 2.45) is 5.92 Å². The number of hydrogen-bond acceptors (Lipinski definition) is 3. The van der Waals surface area contributed by atoms with Gasteiger partial charge in [0.25, 0.3) is 0 Å². The Labute approximate surface area is 75.0 Å². The maximum absolute atomic E-state index is 10.3. The third kappa shape index (κ3) is 6.03. The molecule has 4 nitrogen and oxygen atoms in total. The van der Waals surface area contributed by atoms with Crippen LogP contribution in [-0.2, 0) is 9.59 Å². The molecular weight excluding hydrogens is 180 g/mol. The van der Waals surface area contributed by atoms with E-state index in [-0.39, 0.29) is 6.42 Å². The molecule has 0 aliphatic heterocycles. The van der Waals surface area contributed by atoms with Gasteiger partial charge in [-0.25, -0.2) is 0 Å². The first-order chi connectivity index (χ1) is 5.54. The van der Waals surface area contributed by atoms with Crippen molar-refractivity contribution in [3.8, 4) is 0 Å². The minimum absolute atomic E-state index is 0.0943. The summed E-state index contributed by atoms with van der Waals surface area (Å²) in [5.74, 6) is -1.12. The lowest BCUT2D eigenvalue weighted by Gasteiger charge is -2.03. The minimum Gasteiger partial charge on any atom is -0.481 e. The normalized spacial score (nSPS) is 12.4. The molecule has 0 aliphatic rings. The molecule has 1 unspecified atom stereocenters. The Hall–Kier alpha value is -0.710. The standard InChI is InChI=1S/C7H12O4S/c1-5(7(10)11)4-12-3-2-6(8)9/h5H,2-4H2,1H3,(H,8,9)(H,10,11). The monoisotopic (exact) mass is 192 g/mol. The molecule has 0 saturated carbocycles. The molecule has 70 valence electrons. The first-order valence-corrected chi connectivity index (χ1v) is 4.72. The van der Waals surface area contributed by atoms with Crippen molar-refractivity contribution in [1.29, 1.82) is 0 Å². The smallest absolute Gasteiger partial charge is 0.307 e. The molecular formula is C7H12O4S. The van der Waals surface area contributed by atoms with E-state index < -0.39 is 17.9 Å². The Morgan fingerprint density at radius 2 is 2.00 bits per heavy atom. The number of carboxylic acids is 2. The van der Waals surface area contributed by atoms with Gasteiger partial charge in [0, 0.05) is 11.5 Å². The van der Waals surface area contributed by atoms with Crippen molar-refractivity contribution >= 4 is 23.7 Å². The van der Waals surface area contributed by atoms with Gasteiger partial charge in [0.15, 0.2) is 0 Å². The predicted molar refractivity (Wildman–Crippen MR) is 46.4 cm³/mol. The third-order valence-electron chi connectivity index (χ3n) is 1.25. The van der Waals surface area contributed by atoms with Crippen LogP contribution in [0, 0.1) is 5.92 Å². The molecule has 0 heterocycles. The second-order valence-corrected chi connectivity index (χ2v) is 3.61. The summed E-state index contributed by atoms with van der Waals surface area (Å²) in [5, 5.41) is 16.7. The summed E-state index contributed by atoms with van der Waals surface area (Å²) in [5.41, 5.74) is 0. The van der Waals surface area contributed by atoms with Crippen molar-refractivity contribution in [2.45, 2.75) is 13.3 Å². The van der Waals surface area contributed by atoms with Crippen LogP contribution in [0.2, 0.25) is 0 Å². The highest BCUT2D eigenvalue weighted by atomic mass is 32.2. The molecule has 0 bridgehead atoms. The number of carbonyl (C=O) groups is 2. The van der Waals surface area contributed by atoms with Crippen LogP contribution < -0.4 is 0 Å². The zero-order chi connectivity index (χ0) is 9.56. The van der Waals surface area contributed by atoms with Crippen LogP contribution in [0.5, 0.6) is 0 Å². The molecule has 0 amide bonds. The van der Waals surface area contributed by atoms with Gasteiger partial charge in [-0.1, -0.05) is 6.92 Å². The molecule has 12 heavy (non-hydrogen) atoms. The Balaban J connectivity index is 3.31. The van der Waals surface area contributed by atoms with Crippen LogP contribution in [-0.4, -0.2) is 33.7 Å². The van der Waals surface area contributed by atoms with E-state index >= 15 is 0 Å². The van der Waals surface area contributed by atoms with E-state index in [0.29, 0.717) is 11.5 Å². The van der Waals surface area contributed by atoms with Crippen LogP contribution >= 0.6 is 11.8 Å². The molecule has 0 spiro atoms. The van der Waals surface area contributed by atoms with E-state index in [1.807, 2.05) is 0 Å². The number of hydrogen-bond donors (Lipinski definition) is 2. The quantitative estimate of drug-likeness (QED) is 0.612. The van der Waals surface area contributed by atoms with Crippen molar-refractivity contribution in [1.82, 2.24) is 0 Å². The van der Waals surface area contributed by atoms with E-state index in [2.05, 4.69) is 0 Å². The SMILES string of the molecule is CC(CSCCC(=O)O)C(=O)O. The third-order valence-corrected chi connectivity index (χ3v) is 2.48. The first-order valence-electron chi connectivity index (χ1n) is 3.56. The number of carboxylic acid groups (broad SMARTS) is 2. The highest BCUT2D eigenvalue weighted by Gasteiger charge is 2.10. The lowest BCUT2D eigenvalue weighted by Crippen LogP contribution is -2.12. The van der Waals surface area contributed by atoms with E-state index in [1.165, 1.54) is 11.8 Å². The second-order valence-electron chi connectivity index (χ2n) is 2.46. The molecule has 0 aromatic rings. The van der Waals surface area contributed by atoms with E-state index in [0.717, 1.165) is 0 Å². The lowest BCUT2D eigenvalue weighted by atomic mass is 10.2. The van der Waals surface area contributed by atoms with Crippen LogP contribution in [0.15, 0.2) is 0 Å². The molecule has 2 N–H and O–H groups in total. The van der Waals surface area contributed by atoms with Crippen LogP contribution in [0.4, 0.5) is 0 Å². The number of rotatable bonds is 6. The zero-order valence-corrected chi connectivity index (χ0v) is 7.63. The molecule has 0 aliphatic carbocycles. The van der Waals surface area contributed by atoms with Crippen LogP contribution in [0.25, 0.3) is 0 Å². The van der Waals surface area contributed by atoms with Gasteiger partial charge in [0.05, 0.1) is 12.3 Å².